The number of hydrazine groups is 2. The van der Waals surface area contributed by atoms with Gasteiger partial charge in [0.1, 0.15) is 4.99 Å². The van der Waals surface area contributed by atoms with Gasteiger partial charge in [0.05, 0.1) is 5.75 Å². The Morgan fingerprint density at radius 2 is 0.771 bits per heavy atom. The van der Waals surface area contributed by atoms with Gasteiger partial charge in [-0.15, -0.1) is 11.8 Å². The van der Waals surface area contributed by atoms with Crippen molar-refractivity contribution in [3.63, 3.8) is 0 Å². The molecule has 14 heteroatoms. The van der Waals surface area contributed by atoms with Gasteiger partial charge in [-0.25, -0.2) is 9.59 Å². The number of rotatable bonds is 9. The van der Waals surface area contributed by atoms with Gasteiger partial charge in [-0.3, -0.25) is 0 Å². The third kappa shape index (κ3) is 9.66. The molecule has 0 saturated carbocycles. The molecule has 1 fully saturated rings. The molecule has 0 spiro atoms. The Balaban J connectivity index is 1.46. The highest BCUT2D eigenvalue weighted by molar-refractivity contribution is 8.23. The number of hydrogen-bond donors (Lipinski definition) is 0. The van der Waals surface area contributed by atoms with Crippen molar-refractivity contribution in [2.45, 2.75) is 22.2 Å². The SMILES string of the molecule is O=C1N(C(=S)CSc2ccccc2)N(C(=S)SCc2ccccc2)C(=O)N(C(=S)SCc2ccccc2)N1C(=S)SCc1ccccc1. The van der Waals surface area contributed by atoms with Crippen molar-refractivity contribution in [2.75, 3.05) is 5.75 Å². The van der Waals surface area contributed by atoms with Gasteiger partial charge >= 0.3 is 12.1 Å². The maximum Gasteiger partial charge on any atom is 0.370 e. The number of nitrogens with zero attached hydrogens (tertiary/aromatic N) is 4. The molecule has 4 aromatic carbocycles. The first kappa shape index (κ1) is 36.5. The summed E-state index contributed by atoms with van der Waals surface area (Å²) in [6, 6.07) is 37.7. The fourth-order valence-electron chi connectivity index (χ4n) is 4.28. The van der Waals surface area contributed by atoms with E-state index in [9.17, 15) is 9.59 Å². The number of carbonyl (C=O) groups is 2. The summed E-state index contributed by atoms with van der Waals surface area (Å²) in [5.74, 6) is 1.70. The second-order valence-electron chi connectivity index (χ2n) is 9.93. The average molecular weight is 781 g/mol. The van der Waals surface area contributed by atoms with Gasteiger partial charge in [0.2, 0.25) is 0 Å². The quantitative estimate of drug-likeness (QED) is 0.121. The van der Waals surface area contributed by atoms with Gasteiger partial charge in [-0.1, -0.05) is 193 Å². The molecular weight excluding hydrogens is 753 g/mol. The Morgan fingerprint density at radius 1 is 0.458 bits per heavy atom. The molecule has 1 heterocycles. The molecule has 0 radical (unpaired) electrons. The number of urea groups is 2. The zero-order valence-corrected chi connectivity index (χ0v) is 31.8. The first-order valence-electron chi connectivity index (χ1n) is 14.4. The maximum atomic E-state index is 14.6. The van der Waals surface area contributed by atoms with Crippen molar-refractivity contribution in [1.82, 2.24) is 20.0 Å². The standard InChI is InChI=1S/C34H28N4O2S8/c39-30-35(29(41)24-45-28-19-11-4-12-20-28)36(32(42)46-21-25-13-5-1-6-14-25)31(40)38(34(44)48-23-27-17-9-3-10-18-27)37(30)33(43)47-22-26-15-7-2-8-16-26/h1-20H,21-24H2. The van der Waals surface area contributed by atoms with E-state index in [1.807, 2.05) is 121 Å². The molecule has 0 N–H and O–H groups in total. The predicted octanol–water partition coefficient (Wildman–Crippen LogP) is 10.1. The number of carbonyl (C=O) groups excluding carboxylic acids is 2. The molecule has 1 aliphatic rings. The van der Waals surface area contributed by atoms with Gasteiger partial charge in [0.15, 0.2) is 13.0 Å². The van der Waals surface area contributed by atoms with E-state index in [1.165, 1.54) is 52.1 Å². The molecule has 0 bridgehead atoms. The topological polar surface area (TPSA) is 47.1 Å². The number of thiocarbonyl (C=S) groups is 4. The van der Waals surface area contributed by atoms with Crippen LogP contribution >= 0.6 is 95.9 Å². The number of thioether (sulfide) groups is 4. The molecule has 4 amide bonds. The summed E-state index contributed by atoms with van der Waals surface area (Å²) in [6.45, 7) is 0. The third-order valence-electron chi connectivity index (χ3n) is 6.60. The van der Waals surface area contributed by atoms with Gasteiger partial charge in [-0.05, 0) is 28.8 Å². The lowest BCUT2D eigenvalue weighted by Crippen LogP contribution is -2.72. The molecule has 0 aromatic heterocycles. The van der Waals surface area contributed by atoms with E-state index in [4.69, 9.17) is 48.9 Å². The van der Waals surface area contributed by atoms with Crippen molar-refractivity contribution >= 4 is 126 Å². The highest BCUT2D eigenvalue weighted by Crippen LogP contribution is 2.32. The largest absolute Gasteiger partial charge is 0.370 e. The first-order chi connectivity index (χ1) is 23.3. The van der Waals surface area contributed by atoms with E-state index >= 15 is 0 Å². The summed E-state index contributed by atoms with van der Waals surface area (Å²) in [6.07, 6.45) is 0. The lowest BCUT2D eigenvalue weighted by atomic mass is 10.2. The molecule has 6 nitrogen and oxygen atoms in total. The number of amides is 4. The number of hydrogen-bond acceptors (Lipinski definition) is 10. The molecule has 0 atom stereocenters. The van der Waals surface area contributed by atoms with Crippen molar-refractivity contribution in [2.24, 2.45) is 0 Å². The van der Waals surface area contributed by atoms with Gasteiger partial charge in [0, 0.05) is 22.2 Å². The van der Waals surface area contributed by atoms with Crippen molar-refractivity contribution in [1.29, 1.82) is 0 Å². The molecule has 0 aliphatic carbocycles. The minimum absolute atomic E-state index is 0.157. The normalized spacial score (nSPS) is 13.1. The highest BCUT2D eigenvalue weighted by Gasteiger charge is 2.49. The zero-order chi connectivity index (χ0) is 33.9. The van der Waals surface area contributed by atoms with Crippen LogP contribution in [0.3, 0.4) is 0 Å². The molecule has 1 saturated heterocycles. The van der Waals surface area contributed by atoms with Gasteiger partial charge in [-0.2, -0.15) is 20.0 Å². The van der Waals surface area contributed by atoms with E-state index in [1.54, 1.807) is 0 Å². The summed E-state index contributed by atoms with van der Waals surface area (Å²) >= 11 is 28.7. The van der Waals surface area contributed by atoms with Crippen molar-refractivity contribution < 1.29 is 9.59 Å². The van der Waals surface area contributed by atoms with Crippen molar-refractivity contribution in [3.8, 4) is 0 Å². The zero-order valence-electron chi connectivity index (χ0n) is 25.2. The van der Waals surface area contributed by atoms with E-state index in [2.05, 4.69) is 0 Å². The van der Waals surface area contributed by atoms with Crippen LogP contribution in [0, 0.1) is 0 Å². The second-order valence-corrected chi connectivity index (χ2v) is 16.3. The van der Waals surface area contributed by atoms with Crippen LogP contribution in [0.2, 0.25) is 0 Å². The Bertz CT molecular complexity index is 1510. The molecule has 4 aromatic rings. The predicted molar refractivity (Wildman–Crippen MR) is 219 cm³/mol. The van der Waals surface area contributed by atoms with Gasteiger partial charge < -0.3 is 0 Å². The first-order valence-corrected chi connectivity index (χ1v) is 20.0. The third-order valence-corrected chi connectivity index (χ3v) is 12.4. The van der Waals surface area contributed by atoms with E-state index < -0.39 is 12.1 Å². The molecule has 1 aliphatic heterocycles. The minimum Gasteiger partial charge on any atom is -0.244 e. The lowest BCUT2D eigenvalue weighted by molar-refractivity contribution is 0.0513. The Morgan fingerprint density at radius 3 is 1.15 bits per heavy atom. The van der Waals surface area contributed by atoms with Crippen LogP contribution in [-0.2, 0) is 17.3 Å². The Hall–Kier alpha value is -2.82. The lowest BCUT2D eigenvalue weighted by Gasteiger charge is -2.47. The number of benzene rings is 4. The van der Waals surface area contributed by atoms with Crippen LogP contribution < -0.4 is 0 Å². The Kier molecular flexibility index (Phi) is 13.9. The molecule has 244 valence electrons. The van der Waals surface area contributed by atoms with Crippen LogP contribution in [0.4, 0.5) is 9.59 Å². The average Bonchev–Trinajstić information content (AvgIpc) is 3.13. The van der Waals surface area contributed by atoms with Crippen LogP contribution in [-0.4, -0.2) is 55.8 Å². The van der Waals surface area contributed by atoms with E-state index in [0.29, 0.717) is 17.3 Å². The molecule has 48 heavy (non-hydrogen) atoms. The molecule has 5 rings (SSSR count). The van der Waals surface area contributed by atoms with Crippen LogP contribution in [0.1, 0.15) is 16.7 Å². The monoisotopic (exact) mass is 780 g/mol. The summed E-state index contributed by atoms with van der Waals surface area (Å²) < 4.78 is 0.475. The Labute approximate surface area is 318 Å². The van der Waals surface area contributed by atoms with Crippen LogP contribution in [0.15, 0.2) is 126 Å². The summed E-state index contributed by atoms with van der Waals surface area (Å²) in [4.78, 5) is 30.4. The summed E-state index contributed by atoms with van der Waals surface area (Å²) in [5, 5.41) is 4.65. The second kappa shape index (κ2) is 18.3. The molecule has 0 unspecified atom stereocenters. The van der Waals surface area contributed by atoms with E-state index in [0.717, 1.165) is 36.6 Å². The highest BCUT2D eigenvalue weighted by atomic mass is 32.2. The van der Waals surface area contributed by atoms with Crippen LogP contribution in [0.25, 0.3) is 0 Å². The molecular formula is C34H28N4O2S8. The van der Waals surface area contributed by atoms with Gasteiger partial charge in [0.25, 0.3) is 0 Å². The summed E-state index contributed by atoms with van der Waals surface area (Å²) in [5.41, 5.74) is 3.04. The van der Waals surface area contributed by atoms with Crippen LogP contribution in [0.5, 0.6) is 0 Å². The fraction of sp³-hybridized carbons (Fsp3) is 0.118. The van der Waals surface area contributed by atoms with Crippen molar-refractivity contribution in [3.05, 3.63) is 138 Å². The minimum atomic E-state index is -0.638. The maximum absolute atomic E-state index is 14.6. The smallest absolute Gasteiger partial charge is 0.244 e. The fourth-order valence-corrected chi connectivity index (χ4v) is 8.69. The van der Waals surface area contributed by atoms with E-state index in [-0.39, 0.29) is 23.7 Å². The summed E-state index contributed by atoms with van der Waals surface area (Å²) in [7, 11) is 0.